The van der Waals surface area contributed by atoms with Gasteiger partial charge in [-0.25, -0.2) is 0 Å². The van der Waals surface area contributed by atoms with Gasteiger partial charge in [0.05, 0.1) is 26.4 Å². The monoisotopic (exact) mass is 234 g/mol. The van der Waals surface area contributed by atoms with Gasteiger partial charge in [0.15, 0.2) is 0 Å². The van der Waals surface area contributed by atoms with Gasteiger partial charge < -0.3 is 19.3 Å². The minimum atomic E-state index is 0.119. The van der Waals surface area contributed by atoms with Crippen LogP contribution >= 0.6 is 0 Å². The number of hydrogen-bond acceptors (Lipinski definition) is 4. The predicted octanol–water partition coefficient (Wildman–Crippen LogP) is 1.61. The molecule has 0 saturated heterocycles. The molecule has 0 amide bonds. The minimum absolute atomic E-state index is 0.119. The Morgan fingerprint density at radius 1 is 0.688 bits per heavy atom. The third-order valence-electron chi connectivity index (χ3n) is 2.14. The van der Waals surface area contributed by atoms with Crippen molar-refractivity contribution < 1.29 is 19.3 Å². The summed E-state index contributed by atoms with van der Waals surface area (Å²) in [6, 6.07) is 0. The van der Waals surface area contributed by atoms with Gasteiger partial charge in [0.1, 0.15) is 0 Å². The Morgan fingerprint density at radius 3 is 1.81 bits per heavy atom. The van der Waals surface area contributed by atoms with Crippen molar-refractivity contribution in [3.8, 4) is 0 Å². The van der Waals surface area contributed by atoms with Crippen molar-refractivity contribution in [2.24, 2.45) is 0 Å². The Morgan fingerprint density at radius 2 is 1.25 bits per heavy atom. The molecule has 0 aromatic rings. The maximum atomic E-state index is 8.48. The van der Waals surface area contributed by atoms with Crippen molar-refractivity contribution in [1.82, 2.24) is 0 Å². The molecular formula is C12H26O4. The Labute approximate surface area is 98.9 Å². The zero-order valence-electron chi connectivity index (χ0n) is 10.5. The Kier molecular flexibility index (Phi) is 14.7. The molecule has 0 rings (SSSR count). The van der Waals surface area contributed by atoms with E-state index < -0.39 is 0 Å². The van der Waals surface area contributed by atoms with Crippen LogP contribution in [0.2, 0.25) is 0 Å². The number of ether oxygens (including phenoxy) is 3. The van der Waals surface area contributed by atoms with Crippen molar-refractivity contribution in [1.29, 1.82) is 0 Å². The highest BCUT2D eigenvalue weighted by molar-refractivity contribution is 4.43. The Balaban J connectivity index is 2.83. The van der Waals surface area contributed by atoms with E-state index in [9.17, 15) is 0 Å². The van der Waals surface area contributed by atoms with Crippen LogP contribution < -0.4 is 0 Å². The van der Waals surface area contributed by atoms with Crippen LogP contribution in [0.15, 0.2) is 0 Å². The van der Waals surface area contributed by atoms with E-state index in [0.29, 0.717) is 19.8 Å². The normalized spacial score (nSPS) is 10.9. The van der Waals surface area contributed by atoms with Crippen molar-refractivity contribution in [3.63, 3.8) is 0 Å². The lowest BCUT2D eigenvalue weighted by Gasteiger charge is -2.04. The highest BCUT2D eigenvalue weighted by atomic mass is 16.5. The molecule has 0 bridgehead atoms. The van der Waals surface area contributed by atoms with E-state index in [1.54, 1.807) is 0 Å². The van der Waals surface area contributed by atoms with E-state index in [0.717, 1.165) is 32.7 Å². The van der Waals surface area contributed by atoms with Crippen LogP contribution in [0.1, 0.15) is 32.6 Å². The summed E-state index contributed by atoms with van der Waals surface area (Å²) in [7, 11) is 0. The van der Waals surface area contributed by atoms with E-state index in [-0.39, 0.29) is 6.61 Å². The summed E-state index contributed by atoms with van der Waals surface area (Å²) in [5, 5.41) is 8.48. The lowest BCUT2D eigenvalue weighted by Crippen LogP contribution is -2.05. The molecular weight excluding hydrogens is 208 g/mol. The lowest BCUT2D eigenvalue weighted by molar-refractivity contribution is 0.0508. The molecule has 0 atom stereocenters. The second-order valence-corrected chi connectivity index (χ2v) is 3.56. The van der Waals surface area contributed by atoms with Gasteiger partial charge in [0, 0.05) is 19.8 Å². The van der Waals surface area contributed by atoms with Gasteiger partial charge in [-0.1, -0.05) is 12.8 Å². The molecule has 0 unspecified atom stereocenters. The fourth-order valence-electron chi connectivity index (χ4n) is 1.29. The van der Waals surface area contributed by atoms with Gasteiger partial charge in [-0.15, -0.1) is 0 Å². The first kappa shape index (κ1) is 15.8. The lowest BCUT2D eigenvalue weighted by atomic mass is 10.2. The Hall–Kier alpha value is -0.160. The fourth-order valence-corrected chi connectivity index (χ4v) is 1.29. The van der Waals surface area contributed by atoms with Crippen LogP contribution in [0.5, 0.6) is 0 Å². The number of aliphatic hydroxyl groups is 1. The second kappa shape index (κ2) is 14.8. The highest BCUT2D eigenvalue weighted by Gasteiger charge is 1.92. The molecule has 98 valence electrons. The summed E-state index contributed by atoms with van der Waals surface area (Å²) in [5.41, 5.74) is 0. The molecule has 0 fully saturated rings. The van der Waals surface area contributed by atoms with E-state index in [2.05, 4.69) is 0 Å². The number of aliphatic hydroxyl groups excluding tert-OH is 1. The van der Waals surface area contributed by atoms with Crippen LogP contribution in [0.3, 0.4) is 0 Å². The van der Waals surface area contributed by atoms with Gasteiger partial charge in [0.25, 0.3) is 0 Å². The first-order chi connectivity index (χ1) is 7.91. The predicted molar refractivity (Wildman–Crippen MR) is 63.7 cm³/mol. The second-order valence-electron chi connectivity index (χ2n) is 3.56. The fraction of sp³-hybridized carbons (Fsp3) is 1.00. The molecule has 1 N–H and O–H groups in total. The quantitative estimate of drug-likeness (QED) is 0.492. The summed E-state index contributed by atoms with van der Waals surface area (Å²) in [6.07, 6.45) is 4.52. The number of unbranched alkanes of at least 4 members (excludes halogenated alkanes) is 3. The van der Waals surface area contributed by atoms with Crippen molar-refractivity contribution in [2.75, 3.05) is 46.2 Å². The van der Waals surface area contributed by atoms with Crippen molar-refractivity contribution >= 4 is 0 Å². The van der Waals surface area contributed by atoms with Crippen LogP contribution in [-0.2, 0) is 14.2 Å². The molecule has 0 aliphatic rings. The van der Waals surface area contributed by atoms with Crippen LogP contribution in [0, 0.1) is 0 Å². The van der Waals surface area contributed by atoms with Gasteiger partial charge >= 0.3 is 0 Å². The van der Waals surface area contributed by atoms with E-state index in [4.69, 9.17) is 19.3 Å². The zero-order valence-corrected chi connectivity index (χ0v) is 10.5. The molecule has 0 radical (unpaired) electrons. The molecule has 0 spiro atoms. The van der Waals surface area contributed by atoms with Gasteiger partial charge in [-0.2, -0.15) is 0 Å². The van der Waals surface area contributed by atoms with E-state index in [1.807, 2.05) is 6.92 Å². The molecule has 0 heterocycles. The van der Waals surface area contributed by atoms with E-state index >= 15 is 0 Å². The summed E-state index contributed by atoms with van der Waals surface area (Å²) in [6.45, 7) is 6.31. The maximum Gasteiger partial charge on any atom is 0.0700 e. The molecule has 0 aromatic carbocycles. The number of rotatable bonds is 13. The van der Waals surface area contributed by atoms with Crippen LogP contribution in [0.4, 0.5) is 0 Å². The van der Waals surface area contributed by atoms with E-state index in [1.165, 1.54) is 12.8 Å². The van der Waals surface area contributed by atoms with Crippen molar-refractivity contribution in [3.05, 3.63) is 0 Å². The number of hydrogen-bond donors (Lipinski definition) is 1. The molecule has 4 heteroatoms. The first-order valence-corrected chi connectivity index (χ1v) is 6.26. The largest absolute Gasteiger partial charge is 0.394 e. The average Bonchev–Trinajstić information content (AvgIpc) is 2.31. The molecule has 0 aliphatic carbocycles. The smallest absolute Gasteiger partial charge is 0.0700 e. The molecule has 0 saturated carbocycles. The standard InChI is InChI=1S/C12H26O4/c1-2-14-11-12-16-9-6-4-3-5-8-15-10-7-13/h13H,2-12H2,1H3. The Bertz CT molecular complexity index is 106. The third kappa shape index (κ3) is 13.8. The molecule has 0 aromatic heterocycles. The van der Waals surface area contributed by atoms with Crippen molar-refractivity contribution in [2.45, 2.75) is 32.6 Å². The molecule has 4 nitrogen and oxygen atoms in total. The summed E-state index contributed by atoms with van der Waals surface area (Å²) < 4.78 is 15.7. The first-order valence-electron chi connectivity index (χ1n) is 6.26. The highest BCUT2D eigenvalue weighted by Crippen LogP contribution is 2.00. The molecule has 0 aliphatic heterocycles. The van der Waals surface area contributed by atoms with Gasteiger partial charge in [-0.05, 0) is 19.8 Å². The zero-order chi connectivity index (χ0) is 11.9. The van der Waals surface area contributed by atoms with Crippen LogP contribution in [0.25, 0.3) is 0 Å². The average molecular weight is 234 g/mol. The molecule has 16 heavy (non-hydrogen) atoms. The van der Waals surface area contributed by atoms with Crippen LogP contribution in [-0.4, -0.2) is 51.4 Å². The SMILES string of the molecule is CCOCCOCCCCCCOCCO. The van der Waals surface area contributed by atoms with Gasteiger partial charge in [0.2, 0.25) is 0 Å². The van der Waals surface area contributed by atoms with Gasteiger partial charge in [-0.3, -0.25) is 0 Å². The third-order valence-corrected chi connectivity index (χ3v) is 2.14. The topological polar surface area (TPSA) is 47.9 Å². The minimum Gasteiger partial charge on any atom is -0.394 e. The summed E-state index contributed by atoms with van der Waals surface area (Å²) in [5.74, 6) is 0. The summed E-state index contributed by atoms with van der Waals surface area (Å²) in [4.78, 5) is 0. The summed E-state index contributed by atoms with van der Waals surface area (Å²) >= 11 is 0. The maximum absolute atomic E-state index is 8.48.